The van der Waals surface area contributed by atoms with E-state index in [2.05, 4.69) is 18.1 Å². The Labute approximate surface area is 81.6 Å². The zero-order chi connectivity index (χ0) is 10.0. The van der Waals surface area contributed by atoms with Gasteiger partial charge in [-0.2, -0.15) is 0 Å². The lowest BCUT2D eigenvalue weighted by Gasteiger charge is -1.95. The van der Waals surface area contributed by atoms with E-state index in [1.165, 1.54) is 11.3 Å². The second-order valence-electron chi connectivity index (χ2n) is 3.03. The van der Waals surface area contributed by atoms with Crippen LogP contribution in [0.1, 0.15) is 35.3 Å². The van der Waals surface area contributed by atoms with Gasteiger partial charge in [-0.05, 0) is 6.08 Å². The Morgan fingerprint density at radius 1 is 1.62 bits per heavy atom. The van der Waals surface area contributed by atoms with Crippen LogP contribution in [-0.2, 0) is 0 Å². The molecular formula is C10H12FNS. The molecule has 1 heterocycles. The number of halogens is 1. The molecule has 0 aliphatic rings. The lowest BCUT2D eigenvalue weighted by Crippen LogP contribution is -1.86. The second-order valence-corrected chi connectivity index (χ2v) is 4.09. The highest BCUT2D eigenvalue weighted by atomic mass is 32.1. The van der Waals surface area contributed by atoms with Crippen molar-refractivity contribution in [2.75, 3.05) is 0 Å². The monoisotopic (exact) mass is 197 g/mol. The number of hydrogen-bond donors (Lipinski definition) is 0. The van der Waals surface area contributed by atoms with Gasteiger partial charge in [-0.3, -0.25) is 0 Å². The van der Waals surface area contributed by atoms with Gasteiger partial charge in [0.25, 0.3) is 0 Å². The lowest BCUT2D eigenvalue weighted by molar-refractivity contribution is 0.752. The van der Waals surface area contributed by atoms with Crippen molar-refractivity contribution in [3.8, 4) is 0 Å². The van der Waals surface area contributed by atoms with Crippen LogP contribution in [0.4, 0.5) is 4.39 Å². The van der Waals surface area contributed by atoms with Crippen LogP contribution < -0.4 is 0 Å². The minimum Gasteiger partial charge on any atom is -0.238 e. The molecule has 0 saturated heterocycles. The van der Waals surface area contributed by atoms with Gasteiger partial charge in [-0.25, -0.2) is 9.37 Å². The fourth-order valence-corrected chi connectivity index (χ4v) is 1.86. The molecule has 1 nitrogen and oxygen atoms in total. The molecule has 0 N–H and O–H groups in total. The maximum Gasteiger partial charge on any atom is 0.143 e. The van der Waals surface area contributed by atoms with Crippen LogP contribution in [0.3, 0.4) is 0 Å². The minimum absolute atomic E-state index is 0.316. The molecule has 0 atom stereocenters. The number of rotatable bonds is 3. The Balaban J connectivity index is 3.19. The standard InChI is InChI=1S/C10H12FNS/c1-5-8-9(7(4)11)12-10(13-8)6(2)3/h5-6H,1,4H2,2-3H3. The Morgan fingerprint density at radius 2 is 2.23 bits per heavy atom. The van der Waals surface area contributed by atoms with E-state index in [0.717, 1.165) is 9.88 Å². The maximum atomic E-state index is 12.9. The third-order valence-corrected chi connectivity index (χ3v) is 2.96. The van der Waals surface area contributed by atoms with E-state index in [0.29, 0.717) is 11.6 Å². The molecule has 1 aromatic heterocycles. The van der Waals surface area contributed by atoms with E-state index >= 15 is 0 Å². The average Bonchev–Trinajstić information content (AvgIpc) is 2.47. The van der Waals surface area contributed by atoms with E-state index in [1.807, 2.05) is 13.8 Å². The van der Waals surface area contributed by atoms with E-state index in [-0.39, 0.29) is 0 Å². The molecule has 1 rings (SSSR count). The largest absolute Gasteiger partial charge is 0.238 e. The molecule has 0 spiro atoms. The summed E-state index contributed by atoms with van der Waals surface area (Å²) in [6.45, 7) is 10.9. The van der Waals surface area contributed by atoms with Crippen molar-refractivity contribution in [1.82, 2.24) is 4.98 Å². The topological polar surface area (TPSA) is 12.9 Å². The third-order valence-electron chi connectivity index (χ3n) is 1.61. The van der Waals surface area contributed by atoms with Crippen LogP contribution in [-0.4, -0.2) is 4.98 Å². The minimum atomic E-state index is -0.488. The Morgan fingerprint density at radius 3 is 2.54 bits per heavy atom. The van der Waals surface area contributed by atoms with Gasteiger partial charge in [0.1, 0.15) is 11.5 Å². The SMILES string of the molecule is C=Cc1sc(C(C)C)nc1C(=C)F. The van der Waals surface area contributed by atoms with Crippen molar-refractivity contribution in [3.63, 3.8) is 0 Å². The first-order valence-corrected chi connectivity index (χ1v) is 4.85. The highest BCUT2D eigenvalue weighted by Crippen LogP contribution is 2.29. The summed E-state index contributed by atoms with van der Waals surface area (Å²) in [7, 11) is 0. The van der Waals surface area contributed by atoms with Crippen LogP contribution in [0, 0.1) is 0 Å². The Hall–Kier alpha value is -0.960. The van der Waals surface area contributed by atoms with Gasteiger partial charge in [0.15, 0.2) is 0 Å². The van der Waals surface area contributed by atoms with E-state index in [9.17, 15) is 4.39 Å². The number of aromatic nitrogens is 1. The van der Waals surface area contributed by atoms with Gasteiger partial charge in [-0.1, -0.05) is 27.0 Å². The molecule has 0 unspecified atom stereocenters. The zero-order valence-electron chi connectivity index (χ0n) is 7.80. The molecule has 0 saturated carbocycles. The van der Waals surface area contributed by atoms with Crippen LogP contribution in [0.25, 0.3) is 11.9 Å². The predicted molar refractivity (Wildman–Crippen MR) is 56.4 cm³/mol. The molecule has 0 radical (unpaired) electrons. The van der Waals surface area contributed by atoms with E-state index < -0.39 is 5.83 Å². The number of thiazole rings is 1. The van der Waals surface area contributed by atoms with E-state index in [4.69, 9.17) is 0 Å². The predicted octanol–water partition coefficient (Wildman–Crippen LogP) is 3.85. The molecule has 1 aromatic rings. The summed E-state index contributed by atoms with van der Waals surface area (Å²) in [5.74, 6) is -0.171. The van der Waals surface area contributed by atoms with Gasteiger partial charge in [0, 0.05) is 5.92 Å². The summed E-state index contributed by atoms with van der Waals surface area (Å²) in [5.41, 5.74) is 0.337. The van der Waals surface area contributed by atoms with Crippen LogP contribution >= 0.6 is 11.3 Å². The van der Waals surface area contributed by atoms with Crippen molar-refractivity contribution in [2.24, 2.45) is 0 Å². The highest BCUT2D eigenvalue weighted by molar-refractivity contribution is 7.12. The van der Waals surface area contributed by atoms with Gasteiger partial charge in [-0.15, -0.1) is 11.3 Å². The van der Waals surface area contributed by atoms with E-state index in [1.54, 1.807) is 6.08 Å². The fourth-order valence-electron chi connectivity index (χ4n) is 0.929. The van der Waals surface area contributed by atoms with Gasteiger partial charge in [0.2, 0.25) is 0 Å². The van der Waals surface area contributed by atoms with Crippen molar-refractivity contribution in [1.29, 1.82) is 0 Å². The molecule has 70 valence electrons. The average molecular weight is 197 g/mol. The summed E-state index contributed by atoms with van der Waals surface area (Å²) in [4.78, 5) is 4.91. The highest BCUT2D eigenvalue weighted by Gasteiger charge is 2.13. The van der Waals surface area contributed by atoms with Crippen LogP contribution in [0.2, 0.25) is 0 Å². The smallest absolute Gasteiger partial charge is 0.143 e. The molecule has 0 amide bonds. The normalized spacial score (nSPS) is 10.5. The molecule has 0 fully saturated rings. The zero-order valence-corrected chi connectivity index (χ0v) is 8.62. The van der Waals surface area contributed by atoms with Gasteiger partial charge >= 0.3 is 0 Å². The molecule has 0 aromatic carbocycles. The van der Waals surface area contributed by atoms with Crippen molar-refractivity contribution < 1.29 is 4.39 Å². The first-order valence-electron chi connectivity index (χ1n) is 4.04. The first kappa shape index (κ1) is 10.1. The molecule has 3 heteroatoms. The van der Waals surface area contributed by atoms with Crippen molar-refractivity contribution >= 4 is 23.2 Å². The molecule has 0 aliphatic carbocycles. The molecule has 0 bridgehead atoms. The number of nitrogens with zero attached hydrogens (tertiary/aromatic N) is 1. The maximum absolute atomic E-state index is 12.9. The summed E-state index contributed by atoms with van der Waals surface area (Å²) < 4.78 is 12.9. The quantitative estimate of drug-likeness (QED) is 0.717. The summed E-state index contributed by atoms with van der Waals surface area (Å²) in [5, 5.41) is 0.920. The van der Waals surface area contributed by atoms with Crippen LogP contribution in [0.5, 0.6) is 0 Å². The van der Waals surface area contributed by atoms with Crippen molar-refractivity contribution in [3.05, 3.63) is 28.7 Å². The Bertz CT molecular complexity index is 339. The van der Waals surface area contributed by atoms with Crippen LogP contribution in [0.15, 0.2) is 13.2 Å². The summed E-state index contributed by atoms with van der Waals surface area (Å²) in [6, 6.07) is 0. The molecule has 0 aliphatic heterocycles. The third kappa shape index (κ3) is 2.04. The number of hydrogen-bond acceptors (Lipinski definition) is 2. The van der Waals surface area contributed by atoms with Crippen molar-refractivity contribution in [2.45, 2.75) is 19.8 Å². The Kier molecular flexibility index (Phi) is 2.98. The second kappa shape index (κ2) is 3.83. The summed E-state index contributed by atoms with van der Waals surface area (Å²) in [6.07, 6.45) is 1.61. The fraction of sp³-hybridized carbons (Fsp3) is 0.300. The molecule has 13 heavy (non-hydrogen) atoms. The first-order chi connectivity index (χ1) is 6.06. The van der Waals surface area contributed by atoms with Gasteiger partial charge in [0.05, 0.1) is 9.88 Å². The lowest BCUT2D eigenvalue weighted by atomic mass is 10.2. The van der Waals surface area contributed by atoms with Gasteiger partial charge < -0.3 is 0 Å². The molecular weight excluding hydrogens is 185 g/mol. The summed E-state index contributed by atoms with van der Waals surface area (Å²) >= 11 is 1.47.